The molecule has 0 unspecified atom stereocenters. The minimum absolute atomic E-state index is 0.363. The Bertz CT molecular complexity index is 910. The molecule has 0 aliphatic rings. The summed E-state index contributed by atoms with van der Waals surface area (Å²) in [5, 5.41) is 3.86. The molecular weight excluding hydrogens is 354 g/mol. The van der Waals surface area contributed by atoms with E-state index in [-0.39, 0.29) is 6.54 Å². The van der Waals surface area contributed by atoms with Crippen molar-refractivity contribution in [3.8, 4) is 5.75 Å². The number of nitrogens with zero attached hydrogens (tertiary/aromatic N) is 2. The van der Waals surface area contributed by atoms with Crippen molar-refractivity contribution in [1.29, 1.82) is 0 Å². The van der Waals surface area contributed by atoms with Gasteiger partial charge in [0, 0.05) is 0 Å². The fourth-order valence-electron chi connectivity index (χ4n) is 2.25. The zero-order chi connectivity index (χ0) is 19.2. The van der Waals surface area contributed by atoms with Gasteiger partial charge in [-0.2, -0.15) is 5.10 Å². The molecule has 2 aromatic rings. The highest BCUT2D eigenvalue weighted by atomic mass is 32.2. The van der Waals surface area contributed by atoms with Crippen LogP contribution in [0.15, 0.2) is 53.6 Å². The number of benzene rings is 2. The second-order valence-corrected chi connectivity index (χ2v) is 7.59. The second-order valence-electron chi connectivity index (χ2n) is 5.68. The molecule has 7 nitrogen and oxygen atoms in total. The summed E-state index contributed by atoms with van der Waals surface area (Å²) in [6.07, 6.45) is 2.51. The molecule has 0 bridgehead atoms. The summed E-state index contributed by atoms with van der Waals surface area (Å²) in [6.45, 7) is 1.49. The summed E-state index contributed by atoms with van der Waals surface area (Å²) >= 11 is 0. The highest BCUT2D eigenvalue weighted by Gasteiger charge is 2.20. The molecule has 0 radical (unpaired) electrons. The molecule has 0 spiro atoms. The summed E-state index contributed by atoms with van der Waals surface area (Å²) < 4.78 is 30.2. The molecule has 0 aliphatic carbocycles. The van der Waals surface area contributed by atoms with Crippen LogP contribution in [0.4, 0.5) is 5.69 Å². The Hall–Kier alpha value is -2.87. The van der Waals surface area contributed by atoms with Gasteiger partial charge in [0.1, 0.15) is 12.3 Å². The van der Waals surface area contributed by atoms with Crippen LogP contribution in [-0.4, -0.2) is 40.4 Å². The summed E-state index contributed by atoms with van der Waals surface area (Å²) in [5.41, 5.74) is 4.40. The molecular formula is C18H21N3O4S. The van der Waals surface area contributed by atoms with Gasteiger partial charge in [0.25, 0.3) is 5.91 Å². The van der Waals surface area contributed by atoms with Crippen molar-refractivity contribution in [3.05, 3.63) is 59.7 Å². The maximum absolute atomic E-state index is 12.1. The minimum atomic E-state index is -3.61. The number of sulfonamides is 1. The van der Waals surface area contributed by atoms with Crippen molar-refractivity contribution in [2.45, 2.75) is 6.92 Å². The normalized spacial score (nSPS) is 11.3. The number of hydrogen-bond acceptors (Lipinski definition) is 5. The van der Waals surface area contributed by atoms with Crippen molar-refractivity contribution in [2.75, 3.05) is 24.2 Å². The molecule has 138 valence electrons. The van der Waals surface area contributed by atoms with Gasteiger partial charge in [0.15, 0.2) is 0 Å². The van der Waals surface area contributed by atoms with E-state index in [1.54, 1.807) is 49.6 Å². The molecule has 0 heterocycles. The lowest BCUT2D eigenvalue weighted by Crippen LogP contribution is -2.39. The Balaban J connectivity index is 2.07. The number of carbonyl (C=O) groups is 1. The molecule has 0 fully saturated rings. The van der Waals surface area contributed by atoms with Gasteiger partial charge in [-0.15, -0.1) is 0 Å². The van der Waals surface area contributed by atoms with Gasteiger partial charge < -0.3 is 4.74 Å². The molecule has 8 heteroatoms. The van der Waals surface area contributed by atoms with Crippen molar-refractivity contribution in [3.63, 3.8) is 0 Å². The van der Waals surface area contributed by atoms with E-state index in [4.69, 9.17) is 4.74 Å². The lowest BCUT2D eigenvalue weighted by molar-refractivity contribution is -0.119. The topological polar surface area (TPSA) is 88.1 Å². The molecule has 0 saturated carbocycles. The molecule has 0 aliphatic heterocycles. The minimum Gasteiger partial charge on any atom is -0.497 e. The summed E-state index contributed by atoms with van der Waals surface area (Å²) in [7, 11) is -2.05. The highest BCUT2D eigenvalue weighted by Crippen LogP contribution is 2.18. The van der Waals surface area contributed by atoms with E-state index in [0.717, 1.165) is 21.7 Å². The van der Waals surface area contributed by atoms with E-state index in [2.05, 4.69) is 10.5 Å². The smallest absolute Gasteiger partial charge is 0.260 e. The lowest BCUT2D eigenvalue weighted by Gasteiger charge is -2.21. The molecule has 0 aromatic heterocycles. The Labute approximate surface area is 153 Å². The number of hydrazone groups is 1. The van der Waals surface area contributed by atoms with Gasteiger partial charge in [-0.3, -0.25) is 9.10 Å². The number of carbonyl (C=O) groups excluding carboxylic acids is 1. The quantitative estimate of drug-likeness (QED) is 0.592. The van der Waals surface area contributed by atoms with Gasteiger partial charge in [-0.25, -0.2) is 13.8 Å². The van der Waals surface area contributed by atoms with Crippen molar-refractivity contribution in [2.24, 2.45) is 5.10 Å². The highest BCUT2D eigenvalue weighted by molar-refractivity contribution is 7.92. The van der Waals surface area contributed by atoms with Gasteiger partial charge >= 0.3 is 0 Å². The van der Waals surface area contributed by atoms with Crippen LogP contribution in [0.5, 0.6) is 5.75 Å². The first-order chi connectivity index (χ1) is 12.3. The van der Waals surface area contributed by atoms with Gasteiger partial charge in [-0.05, 0) is 42.3 Å². The third kappa shape index (κ3) is 5.59. The number of anilines is 1. The zero-order valence-electron chi connectivity index (χ0n) is 14.8. The first-order valence-electron chi connectivity index (χ1n) is 7.80. The van der Waals surface area contributed by atoms with Crippen molar-refractivity contribution < 1.29 is 17.9 Å². The average molecular weight is 375 g/mol. The van der Waals surface area contributed by atoms with Gasteiger partial charge in [-0.1, -0.05) is 24.3 Å². The largest absolute Gasteiger partial charge is 0.497 e. The summed E-state index contributed by atoms with van der Waals surface area (Å²) in [6, 6.07) is 14.1. The number of ether oxygens (including phenoxy) is 1. The Kier molecular flexibility index (Phi) is 6.35. The standard InChI is InChI=1S/C18H21N3O4S/c1-14-6-4-8-16(10-14)21(26(3,23)24)13-18(22)20-19-12-15-7-5-9-17(11-15)25-2/h4-12H,13H2,1-3H3,(H,20,22)/b19-12-. The second kappa shape index (κ2) is 8.48. The third-order valence-corrected chi connectivity index (χ3v) is 4.61. The molecule has 0 saturated heterocycles. The summed E-state index contributed by atoms with van der Waals surface area (Å²) in [5.74, 6) is 0.124. The van der Waals surface area contributed by atoms with E-state index in [0.29, 0.717) is 11.4 Å². The fourth-order valence-corrected chi connectivity index (χ4v) is 3.10. The van der Waals surface area contributed by atoms with Crippen LogP contribution < -0.4 is 14.5 Å². The van der Waals surface area contributed by atoms with Crippen molar-refractivity contribution in [1.82, 2.24) is 5.43 Å². The Morgan fingerprint density at radius 2 is 1.96 bits per heavy atom. The van der Waals surface area contributed by atoms with Crippen LogP contribution in [0.25, 0.3) is 0 Å². The van der Waals surface area contributed by atoms with Crippen LogP contribution in [-0.2, 0) is 14.8 Å². The van der Waals surface area contributed by atoms with Crippen LogP contribution in [0.1, 0.15) is 11.1 Å². The monoisotopic (exact) mass is 375 g/mol. The third-order valence-electron chi connectivity index (χ3n) is 3.47. The number of rotatable bonds is 7. The van der Waals surface area contributed by atoms with E-state index < -0.39 is 15.9 Å². The first kappa shape index (κ1) is 19.5. The number of amides is 1. The Morgan fingerprint density at radius 1 is 1.23 bits per heavy atom. The first-order valence-corrected chi connectivity index (χ1v) is 9.65. The number of nitrogens with one attached hydrogen (secondary N) is 1. The molecule has 26 heavy (non-hydrogen) atoms. The predicted molar refractivity (Wildman–Crippen MR) is 102 cm³/mol. The predicted octanol–water partition coefficient (Wildman–Crippen LogP) is 1.92. The number of hydrogen-bond donors (Lipinski definition) is 1. The van der Waals surface area contributed by atoms with Gasteiger partial charge in [0.05, 0.1) is 25.3 Å². The van der Waals surface area contributed by atoms with E-state index in [9.17, 15) is 13.2 Å². The number of methoxy groups -OCH3 is 1. The van der Waals surface area contributed by atoms with E-state index in [1.165, 1.54) is 6.21 Å². The van der Waals surface area contributed by atoms with E-state index >= 15 is 0 Å². The maximum Gasteiger partial charge on any atom is 0.260 e. The van der Waals surface area contributed by atoms with Crippen LogP contribution >= 0.6 is 0 Å². The van der Waals surface area contributed by atoms with Crippen LogP contribution in [0.3, 0.4) is 0 Å². The average Bonchev–Trinajstić information content (AvgIpc) is 2.59. The summed E-state index contributed by atoms with van der Waals surface area (Å²) in [4.78, 5) is 12.1. The molecule has 0 atom stereocenters. The van der Waals surface area contributed by atoms with Crippen molar-refractivity contribution >= 4 is 27.8 Å². The molecule has 1 amide bonds. The van der Waals surface area contributed by atoms with E-state index in [1.807, 2.05) is 13.0 Å². The lowest BCUT2D eigenvalue weighted by atomic mass is 10.2. The fraction of sp³-hybridized carbons (Fsp3) is 0.222. The van der Waals surface area contributed by atoms with Crippen LogP contribution in [0.2, 0.25) is 0 Å². The van der Waals surface area contributed by atoms with Crippen LogP contribution in [0, 0.1) is 6.92 Å². The molecule has 2 rings (SSSR count). The molecule has 2 aromatic carbocycles. The zero-order valence-corrected chi connectivity index (χ0v) is 15.7. The maximum atomic E-state index is 12.1. The SMILES string of the molecule is COc1cccc(/C=N\NC(=O)CN(c2cccc(C)c2)S(C)(=O)=O)c1. The molecule has 1 N–H and O–H groups in total. The van der Waals surface area contributed by atoms with Gasteiger partial charge in [0.2, 0.25) is 10.0 Å². The number of aryl methyl sites for hydroxylation is 1. The Morgan fingerprint density at radius 3 is 2.62 bits per heavy atom.